The minimum absolute atomic E-state index is 0.571. The van der Waals surface area contributed by atoms with E-state index in [0.29, 0.717) is 6.61 Å². The fraction of sp³-hybridized carbons (Fsp3) is 0.174. The zero-order valence-corrected chi connectivity index (χ0v) is 15.5. The zero-order chi connectivity index (χ0) is 18.4. The highest BCUT2D eigenvalue weighted by atomic mass is 16.5. The van der Waals surface area contributed by atoms with Crippen LogP contribution in [0.2, 0.25) is 0 Å². The number of hydrogen-bond donors (Lipinski definition) is 1. The van der Waals surface area contributed by atoms with Gasteiger partial charge in [-0.05, 0) is 79.4 Å². The van der Waals surface area contributed by atoms with Crippen LogP contribution in [0.1, 0.15) is 27.8 Å². The van der Waals surface area contributed by atoms with E-state index >= 15 is 0 Å². The first-order chi connectivity index (χ1) is 12.6. The summed E-state index contributed by atoms with van der Waals surface area (Å²) in [7, 11) is 0. The maximum atomic E-state index is 5.82. The maximum absolute atomic E-state index is 5.82. The Morgan fingerprint density at radius 3 is 2.27 bits per heavy atom. The van der Waals surface area contributed by atoms with E-state index in [9.17, 15) is 0 Å². The molecule has 0 unspecified atom stereocenters. The Kier molecular flexibility index (Phi) is 5.69. The number of benzene rings is 3. The maximum Gasteiger partial charge on any atom is 0.119 e. The summed E-state index contributed by atoms with van der Waals surface area (Å²) in [4.78, 5) is 0. The summed E-state index contributed by atoms with van der Waals surface area (Å²) in [6.45, 7) is 6.85. The van der Waals surface area contributed by atoms with Crippen molar-refractivity contribution in [3.05, 3.63) is 94.5 Å². The Morgan fingerprint density at radius 2 is 1.58 bits per heavy atom. The van der Waals surface area contributed by atoms with E-state index in [0.717, 1.165) is 17.0 Å². The van der Waals surface area contributed by atoms with E-state index in [1.54, 1.807) is 6.21 Å². The normalized spacial score (nSPS) is 10.9. The van der Waals surface area contributed by atoms with Crippen molar-refractivity contribution in [2.45, 2.75) is 27.4 Å². The average Bonchev–Trinajstić information content (AvgIpc) is 2.65. The first-order valence-electron chi connectivity index (χ1n) is 8.75. The molecular formula is C23H24N2O. The first kappa shape index (κ1) is 17.7. The fourth-order valence-electron chi connectivity index (χ4n) is 2.49. The number of aryl methyl sites for hydroxylation is 3. The average molecular weight is 344 g/mol. The highest BCUT2D eigenvalue weighted by Gasteiger charge is 1.97. The van der Waals surface area contributed by atoms with Gasteiger partial charge < -0.3 is 4.74 Å². The van der Waals surface area contributed by atoms with Gasteiger partial charge in [0.15, 0.2) is 0 Å². The van der Waals surface area contributed by atoms with Crippen LogP contribution in [0.5, 0.6) is 5.75 Å². The van der Waals surface area contributed by atoms with Crippen LogP contribution in [-0.2, 0) is 6.61 Å². The van der Waals surface area contributed by atoms with Gasteiger partial charge in [0.05, 0.1) is 11.9 Å². The van der Waals surface area contributed by atoms with Gasteiger partial charge in [-0.3, -0.25) is 5.43 Å². The topological polar surface area (TPSA) is 33.6 Å². The van der Waals surface area contributed by atoms with Crippen molar-refractivity contribution in [1.29, 1.82) is 0 Å². The van der Waals surface area contributed by atoms with Crippen LogP contribution in [0.25, 0.3) is 0 Å². The summed E-state index contributed by atoms with van der Waals surface area (Å²) in [5, 5.41) is 4.30. The van der Waals surface area contributed by atoms with Crippen molar-refractivity contribution in [2.24, 2.45) is 5.10 Å². The van der Waals surface area contributed by atoms with Crippen molar-refractivity contribution >= 4 is 11.9 Å². The molecule has 0 atom stereocenters. The molecule has 0 amide bonds. The molecule has 0 saturated carbocycles. The third-order valence-electron chi connectivity index (χ3n) is 4.32. The quantitative estimate of drug-likeness (QED) is 0.464. The Morgan fingerprint density at radius 1 is 0.846 bits per heavy atom. The van der Waals surface area contributed by atoms with Gasteiger partial charge in [-0.1, -0.05) is 35.9 Å². The van der Waals surface area contributed by atoms with Gasteiger partial charge in [-0.2, -0.15) is 5.10 Å². The van der Waals surface area contributed by atoms with Crippen LogP contribution in [0, 0.1) is 20.8 Å². The highest BCUT2D eigenvalue weighted by molar-refractivity contribution is 5.80. The lowest BCUT2D eigenvalue weighted by molar-refractivity contribution is 0.306. The van der Waals surface area contributed by atoms with Crippen molar-refractivity contribution in [1.82, 2.24) is 0 Å². The Hall–Kier alpha value is -3.07. The van der Waals surface area contributed by atoms with E-state index in [1.807, 2.05) is 30.3 Å². The van der Waals surface area contributed by atoms with Crippen LogP contribution in [0.3, 0.4) is 0 Å². The monoisotopic (exact) mass is 344 g/mol. The molecule has 0 radical (unpaired) electrons. The minimum Gasteiger partial charge on any atom is -0.489 e. The molecule has 0 aromatic heterocycles. The zero-order valence-electron chi connectivity index (χ0n) is 15.5. The summed E-state index contributed by atoms with van der Waals surface area (Å²) < 4.78 is 5.82. The molecule has 0 fully saturated rings. The molecule has 26 heavy (non-hydrogen) atoms. The molecule has 0 spiro atoms. The lowest BCUT2D eigenvalue weighted by Crippen LogP contribution is -1.96. The molecule has 3 rings (SSSR count). The summed E-state index contributed by atoms with van der Waals surface area (Å²) in [5.74, 6) is 0.852. The first-order valence-corrected chi connectivity index (χ1v) is 8.75. The molecule has 1 N–H and O–H groups in total. The number of rotatable bonds is 6. The van der Waals surface area contributed by atoms with Gasteiger partial charge in [-0.25, -0.2) is 0 Å². The summed E-state index contributed by atoms with van der Waals surface area (Å²) in [5.41, 5.74) is 10.0. The number of hydrazone groups is 1. The van der Waals surface area contributed by atoms with E-state index in [1.165, 1.54) is 22.3 Å². The third kappa shape index (κ3) is 4.96. The second-order valence-electron chi connectivity index (χ2n) is 6.51. The van der Waals surface area contributed by atoms with Crippen LogP contribution < -0.4 is 10.2 Å². The van der Waals surface area contributed by atoms with Crippen LogP contribution >= 0.6 is 0 Å². The van der Waals surface area contributed by atoms with E-state index in [4.69, 9.17) is 4.74 Å². The molecule has 0 heterocycles. The largest absolute Gasteiger partial charge is 0.489 e. The van der Waals surface area contributed by atoms with E-state index in [-0.39, 0.29) is 0 Å². The van der Waals surface area contributed by atoms with E-state index < -0.39 is 0 Å². The predicted octanol–water partition coefficient (Wildman–Crippen LogP) is 5.64. The molecule has 3 nitrogen and oxygen atoms in total. The van der Waals surface area contributed by atoms with Gasteiger partial charge in [0.1, 0.15) is 12.4 Å². The summed E-state index contributed by atoms with van der Waals surface area (Å²) >= 11 is 0. The molecule has 3 aromatic carbocycles. The molecule has 0 aliphatic rings. The number of anilines is 1. The highest BCUT2D eigenvalue weighted by Crippen LogP contribution is 2.15. The van der Waals surface area contributed by atoms with Gasteiger partial charge in [0.25, 0.3) is 0 Å². The third-order valence-corrected chi connectivity index (χ3v) is 4.32. The molecule has 132 valence electrons. The molecule has 3 aromatic rings. The van der Waals surface area contributed by atoms with Gasteiger partial charge >= 0.3 is 0 Å². The van der Waals surface area contributed by atoms with Crippen molar-refractivity contribution in [3.63, 3.8) is 0 Å². The molecule has 0 saturated heterocycles. The number of ether oxygens (including phenoxy) is 1. The number of hydrogen-bond acceptors (Lipinski definition) is 3. The van der Waals surface area contributed by atoms with Crippen molar-refractivity contribution < 1.29 is 4.74 Å². The molecule has 0 aliphatic heterocycles. The second kappa shape index (κ2) is 8.34. The second-order valence-corrected chi connectivity index (χ2v) is 6.51. The SMILES string of the molecule is Cc1ccc(COc2ccc(C=NNc3ccc(C)c(C)c3)cc2)cc1. The molecular weight excluding hydrogens is 320 g/mol. The lowest BCUT2D eigenvalue weighted by Gasteiger charge is -2.07. The number of nitrogens with zero attached hydrogens (tertiary/aromatic N) is 1. The van der Waals surface area contributed by atoms with Gasteiger partial charge in [0, 0.05) is 0 Å². The summed E-state index contributed by atoms with van der Waals surface area (Å²) in [6, 6.07) is 22.5. The van der Waals surface area contributed by atoms with Crippen molar-refractivity contribution in [2.75, 3.05) is 5.43 Å². The predicted molar refractivity (Wildman–Crippen MR) is 109 cm³/mol. The Labute approximate surface area is 155 Å². The van der Waals surface area contributed by atoms with Gasteiger partial charge in [0.2, 0.25) is 0 Å². The van der Waals surface area contributed by atoms with Gasteiger partial charge in [-0.15, -0.1) is 0 Å². The summed E-state index contributed by atoms with van der Waals surface area (Å²) in [6.07, 6.45) is 1.80. The smallest absolute Gasteiger partial charge is 0.119 e. The van der Waals surface area contributed by atoms with Crippen LogP contribution in [-0.4, -0.2) is 6.21 Å². The Balaban J connectivity index is 1.53. The molecule has 0 aliphatic carbocycles. The van der Waals surface area contributed by atoms with Crippen LogP contribution in [0.15, 0.2) is 71.8 Å². The minimum atomic E-state index is 0.571. The standard InChI is InChI=1S/C23H24N2O/c1-17-4-7-21(8-5-17)16-26-23-12-9-20(10-13-23)15-24-25-22-11-6-18(2)19(3)14-22/h4-15,25H,16H2,1-3H3. The molecule has 0 bridgehead atoms. The fourth-order valence-corrected chi connectivity index (χ4v) is 2.49. The molecule has 3 heteroatoms. The van der Waals surface area contributed by atoms with Crippen LogP contribution in [0.4, 0.5) is 5.69 Å². The number of nitrogens with one attached hydrogen (secondary N) is 1. The van der Waals surface area contributed by atoms with Crippen molar-refractivity contribution in [3.8, 4) is 5.75 Å². The Bertz CT molecular complexity index is 881. The van der Waals surface area contributed by atoms with E-state index in [2.05, 4.69) is 67.7 Å². The lowest BCUT2D eigenvalue weighted by atomic mass is 10.1.